The van der Waals surface area contributed by atoms with Crippen LogP contribution in [0.4, 0.5) is 19.3 Å². The van der Waals surface area contributed by atoms with Crippen LogP contribution in [0.5, 0.6) is 5.75 Å². The lowest BCUT2D eigenvalue weighted by Gasteiger charge is -2.25. The molecule has 32 heavy (non-hydrogen) atoms. The van der Waals surface area contributed by atoms with Crippen LogP contribution in [0.25, 0.3) is 0 Å². The van der Waals surface area contributed by atoms with E-state index in [2.05, 4.69) is 5.32 Å². The molecule has 0 heterocycles. The fourth-order valence-corrected chi connectivity index (χ4v) is 2.83. The number of aliphatic hydroxyl groups excluding tert-OH is 1. The highest BCUT2D eigenvalue weighted by Gasteiger charge is 2.26. The van der Waals surface area contributed by atoms with Crippen molar-refractivity contribution >= 4 is 17.7 Å². The number of halogens is 2. The first-order valence-corrected chi connectivity index (χ1v) is 9.63. The van der Waals surface area contributed by atoms with Gasteiger partial charge in [0.15, 0.2) is 0 Å². The lowest BCUT2D eigenvalue weighted by molar-refractivity contribution is -0.124. The molecule has 2 atom stereocenters. The normalized spacial score (nSPS) is 13.1. The topological polar surface area (TPSA) is 117 Å². The van der Waals surface area contributed by atoms with E-state index in [1.807, 2.05) is 0 Å². The number of anilines is 1. The summed E-state index contributed by atoms with van der Waals surface area (Å²) in [7, 11) is 0. The van der Waals surface area contributed by atoms with Crippen molar-refractivity contribution in [1.82, 2.24) is 5.48 Å². The Hall–Kier alpha value is -3.50. The molecule has 2 rings (SSSR count). The second-order valence-electron chi connectivity index (χ2n) is 6.87. The largest absolute Gasteiger partial charge is 0.491 e. The summed E-state index contributed by atoms with van der Waals surface area (Å²) in [6, 6.07) is 9.19. The minimum atomic E-state index is -0.993. The number of hydrogen-bond donors (Lipinski definition) is 4. The molecule has 2 aromatic carbocycles. The number of hydroxylamine groups is 1. The van der Waals surface area contributed by atoms with Crippen molar-refractivity contribution in [1.29, 1.82) is 0 Å². The maximum Gasteiger partial charge on any atom is 0.412 e. The van der Waals surface area contributed by atoms with E-state index in [4.69, 9.17) is 19.8 Å². The Balaban J connectivity index is 2.27. The first-order valence-electron chi connectivity index (χ1n) is 9.63. The van der Waals surface area contributed by atoms with Gasteiger partial charge in [0.2, 0.25) is 0 Å². The van der Waals surface area contributed by atoms with Crippen LogP contribution in [0, 0.1) is 17.6 Å². The smallest absolute Gasteiger partial charge is 0.412 e. The maximum atomic E-state index is 13.9. The Morgan fingerprint density at radius 2 is 1.84 bits per heavy atom. The number of benzene rings is 2. The van der Waals surface area contributed by atoms with Crippen molar-refractivity contribution in [3.8, 4) is 5.75 Å². The molecule has 10 heteroatoms. The Bertz CT molecular complexity index is 965. The van der Waals surface area contributed by atoms with Crippen molar-refractivity contribution in [2.24, 2.45) is 5.92 Å². The molecule has 0 aromatic heterocycles. The molecule has 0 radical (unpaired) electrons. The van der Waals surface area contributed by atoms with Gasteiger partial charge in [-0.3, -0.25) is 15.3 Å². The van der Waals surface area contributed by atoms with E-state index in [1.54, 1.807) is 38.1 Å². The van der Waals surface area contributed by atoms with Gasteiger partial charge in [-0.15, -0.1) is 0 Å². The Labute approximate surface area is 183 Å². The van der Waals surface area contributed by atoms with Gasteiger partial charge in [0, 0.05) is 18.1 Å². The molecule has 0 fully saturated rings. The number of ether oxygens (including phenoxy) is 2. The third-order valence-electron chi connectivity index (χ3n) is 4.61. The molecule has 2 amide bonds. The number of amides is 2. The molecule has 0 unspecified atom stereocenters. The van der Waals surface area contributed by atoms with Crippen LogP contribution in [0.15, 0.2) is 54.1 Å². The molecular formula is C22H24F2N2O6. The third-order valence-corrected chi connectivity index (χ3v) is 4.61. The van der Waals surface area contributed by atoms with Gasteiger partial charge in [0.05, 0.1) is 12.3 Å². The van der Waals surface area contributed by atoms with E-state index < -0.39 is 35.7 Å². The Morgan fingerprint density at radius 1 is 1.16 bits per heavy atom. The molecule has 4 N–H and O–H groups in total. The fourth-order valence-electron chi connectivity index (χ4n) is 2.83. The third kappa shape index (κ3) is 7.03. The highest BCUT2D eigenvalue weighted by atomic mass is 19.1. The predicted octanol–water partition coefficient (Wildman–Crippen LogP) is 3.71. The van der Waals surface area contributed by atoms with Gasteiger partial charge >= 0.3 is 6.09 Å². The summed E-state index contributed by atoms with van der Waals surface area (Å²) in [6.07, 6.45) is -0.752. The molecule has 172 valence electrons. The number of carbonyl (C=O) groups excluding carboxylic acids is 2. The van der Waals surface area contributed by atoms with E-state index in [9.17, 15) is 18.4 Å². The van der Waals surface area contributed by atoms with Gasteiger partial charge in [0.1, 0.15) is 30.1 Å². The van der Waals surface area contributed by atoms with Crippen LogP contribution in [-0.2, 0) is 9.53 Å². The number of nitrogens with one attached hydrogen (secondary N) is 2. The summed E-state index contributed by atoms with van der Waals surface area (Å²) in [5, 5.41) is 19.8. The molecule has 0 aliphatic heterocycles. The van der Waals surface area contributed by atoms with Crippen LogP contribution in [0.1, 0.15) is 25.5 Å². The van der Waals surface area contributed by atoms with Gasteiger partial charge in [-0.1, -0.05) is 24.6 Å². The Morgan fingerprint density at radius 3 is 2.44 bits per heavy atom. The molecule has 0 bridgehead atoms. The summed E-state index contributed by atoms with van der Waals surface area (Å²) in [4.78, 5) is 24.0. The van der Waals surface area contributed by atoms with Crippen LogP contribution in [0.3, 0.4) is 0 Å². The van der Waals surface area contributed by atoms with Crippen molar-refractivity contribution < 1.29 is 38.2 Å². The fraction of sp³-hybridized carbons (Fsp3) is 0.273. The quantitative estimate of drug-likeness (QED) is 0.263. The van der Waals surface area contributed by atoms with Gasteiger partial charge in [-0.05, 0) is 36.8 Å². The lowest BCUT2D eigenvalue weighted by Crippen LogP contribution is -2.24. The second-order valence-corrected chi connectivity index (χ2v) is 6.87. The second kappa shape index (κ2) is 11.8. The van der Waals surface area contributed by atoms with Crippen molar-refractivity contribution in [3.63, 3.8) is 0 Å². The summed E-state index contributed by atoms with van der Waals surface area (Å²) < 4.78 is 37.8. The van der Waals surface area contributed by atoms with Crippen molar-refractivity contribution in [2.45, 2.75) is 20.0 Å². The Kier molecular flexibility index (Phi) is 9.11. The summed E-state index contributed by atoms with van der Waals surface area (Å²) in [6.45, 7) is 3.27. The number of carbonyl (C=O) groups is 2. The molecule has 0 aliphatic carbocycles. The van der Waals surface area contributed by atoms with Crippen LogP contribution in [-0.4, -0.2) is 35.5 Å². The zero-order chi connectivity index (χ0) is 23.7. The molecule has 0 saturated heterocycles. The van der Waals surface area contributed by atoms with Gasteiger partial charge in [0.25, 0.3) is 5.91 Å². The lowest BCUT2D eigenvalue weighted by atomic mass is 9.91. The number of hydrogen-bond acceptors (Lipinski definition) is 6. The summed E-state index contributed by atoms with van der Waals surface area (Å²) in [5.74, 6) is -2.55. The average Bonchev–Trinajstić information content (AvgIpc) is 2.77. The highest BCUT2D eigenvalue weighted by molar-refractivity contribution is 5.87. The van der Waals surface area contributed by atoms with Crippen LogP contribution in [0.2, 0.25) is 0 Å². The van der Waals surface area contributed by atoms with E-state index in [-0.39, 0.29) is 18.9 Å². The zero-order valence-electron chi connectivity index (χ0n) is 17.5. The predicted molar refractivity (Wildman–Crippen MR) is 111 cm³/mol. The zero-order valence-corrected chi connectivity index (χ0v) is 17.5. The van der Waals surface area contributed by atoms with Crippen molar-refractivity contribution in [3.05, 3.63) is 71.3 Å². The van der Waals surface area contributed by atoms with Gasteiger partial charge in [-0.2, -0.15) is 0 Å². The average molecular weight is 450 g/mol. The maximum absolute atomic E-state index is 13.9. The first-order chi connectivity index (χ1) is 15.2. The first kappa shape index (κ1) is 24.8. The number of aliphatic hydroxyl groups is 1. The molecular weight excluding hydrogens is 426 g/mol. The van der Waals surface area contributed by atoms with E-state index in [1.165, 1.54) is 5.48 Å². The standard InChI is InChI=1S/C22H24F2N2O6/c1-13(11-20(28)26-30)14(2)21(15-3-6-17(7-4-15)31-10-9-27)32-22(29)25-19-8-5-16(23)12-18(19)24/h3-8,11-12,14,21,27,30H,9-10H2,1-2H3,(H,25,29)(H,26,28)/b13-11+/t14-,21+/m0/s1. The van der Waals surface area contributed by atoms with Crippen molar-refractivity contribution in [2.75, 3.05) is 18.5 Å². The molecule has 2 aromatic rings. The number of rotatable bonds is 9. The molecule has 0 aliphatic rings. The van der Waals surface area contributed by atoms with Crippen LogP contribution < -0.4 is 15.5 Å². The minimum Gasteiger partial charge on any atom is -0.491 e. The molecule has 8 nitrogen and oxygen atoms in total. The van der Waals surface area contributed by atoms with Crippen LogP contribution >= 0.6 is 0 Å². The van der Waals surface area contributed by atoms with Gasteiger partial charge < -0.3 is 14.6 Å². The summed E-state index contributed by atoms with van der Waals surface area (Å²) in [5.41, 5.74) is 2.27. The van der Waals surface area contributed by atoms with Gasteiger partial charge in [-0.25, -0.2) is 19.1 Å². The van der Waals surface area contributed by atoms with E-state index in [0.29, 0.717) is 23.0 Å². The SMILES string of the molecule is C/C(=C\C(=O)NO)[C@H](C)[C@@H](OC(=O)Nc1ccc(F)cc1F)c1ccc(OCCO)cc1. The van der Waals surface area contributed by atoms with E-state index in [0.717, 1.165) is 18.2 Å². The summed E-state index contributed by atoms with van der Waals surface area (Å²) >= 11 is 0. The molecule has 0 spiro atoms. The molecule has 0 saturated carbocycles. The minimum absolute atomic E-state index is 0.111. The highest BCUT2D eigenvalue weighted by Crippen LogP contribution is 2.32. The monoisotopic (exact) mass is 450 g/mol. The van der Waals surface area contributed by atoms with E-state index >= 15 is 0 Å².